The smallest absolute Gasteiger partial charge is 0.192 e. The van der Waals surface area contributed by atoms with E-state index < -0.39 is 0 Å². The lowest BCUT2D eigenvalue weighted by Crippen LogP contribution is -1.98. The number of allylic oxidation sites excluding steroid dienone is 3. The van der Waals surface area contributed by atoms with Crippen molar-refractivity contribution in [3.8, 4) is 17.8 Å². The molecule has 0 spiro atoms. The van der Waals surface area contributed by atoms with E-state index in [1.165, 1.54) is 17.8 Å². The van der Waals surface area contributed by atoms with Gasteiger partial charge in [0.2, 0.25) is 5.16 Å². The molecule has 3 rings (SSSR count). The number of benzene rings is 2. The maximum Gasteiger partial charge on any atom is 0.218 e. The molecule has 0 saturated heterocycles. The molecule has 0 radical (unpaired) electrons. The number of nitriles is 2. The van der Waals surface area contributed by atoms with Crippen LogP contribution in [0.15, 0.2) is 83.5 Å². The first-order valence-corrected chi connectivity index (χ1v) is 8.42. The van der Waals surface area contributed by atoms with Gasteiger partial charge in [-0.25, -0.2) is 0 Å². The highest BCUT2D eigenvalue weighted by atomic mass is 32.2. The maximum absolute atomic E-state index is 8.95. The van der Waals surface area contributed by atoms with E-state index in [9.17, 15) is 0 Å². The number of thioether (sulfide) groups is 1. The van der Waals surface area contributed by atoms with Gasteiger partial charge in [-0.2, -0.15) is 15.2 Å². The van der Waals surface area contributed by atoms with Crippen LogP contribution in [-0.4, -0.2) is 20.2 Å². The molecule has 0 N–H and O–H groups in total. The van der Waals surface area contributed by atoms with Crippen LogP contribution in [0.2, 0.25) is 0 Å². The lowest BCUT2D eigenvalue weighted by Gasteiger charge is -2.07. The van der Waals surface area contributed by atoms with Crippen molar-refractivity contribution in [2.75, 3.05) is 0 Å². The lowest BCUT2D eigenvalue weighted by atomic mass is 10.2. The van der Waals surface area contributed by atoms with E-state index in [4.69, 9.17) is 10.5 Å². The molecular formula is C19H12N6S. The molecule has 26 heavy (non-hydrogen) atoms. The van der Waals surface area contributed by atoms with Crippen molar-refractivity contribution in [1.29, 1.82) is 10.5 Å². The van der Waals surface area contributed by atoms with Gasteiger partial charge in [-0.1, -0.05) is 48.5 Å². The summed E-state index contributed by atoms with van der Waals surface area (Å²) in [5, 5.41) is 30.4. The number of aromatic nitrogens is 4. The van der Waals surface area contributed by atoms with Gasteiger partial charge in [-0.3, -0.25) is 0 Å². The Bertz CT molecular complexity index is 1010. The van der Waals surface area contributed by atoms with Crippen molar-refractivity contribution >= 4 is 16.7 Å². The van der Waals surface area contributed by atoms with Crippen LogP contribution in [0.25, 0.3) is 10.6 Å². The van der Waals surface area contributed by atoms with E-state index in [0.717, 1.165) is 16.2 Å². The minimum absolute atomic E-state index is 0.0293. The van der Waals surface area contributed by atoms with Crippen molar-refractivity contribution in [2.24, 2.45) is 0 Å². The van der Waals surface area contributed by atoms with Crippen LogP contribution in [0.1, 0.15) is 5.56 Å². The summed E-state index contributed by atoms with van der Waals surface area (Å²) < 4.78 is 1.64. The second kappa shape index (κ2) is 8.43. The Hall–Kier alpha value is -3.68. The zero-order valence-electron chi connectivity index (χ0n) is 13.5. The molecule has 1 heterocycles. The predicted octanol–water partition coefficient (Wildman–Crippen LogP) is 3.77. The zero-order chi connectivity index (χ0) is 18.2. The highest BCUT2D eigenvalue weighted by Gasteiger charge is 2.12. The van der Waals surface area contributed by atoms with Crippen molar-refractivity contribution < 1.29 is 0 Å². The molecule has 7 heteroatoms. The number of hydrogen-bond acceptors (Lipinski definition) is 6. The molecular weight excluding hydrogens is 344 g/mol. The van der Waals surface area contributed by atoms with Crippen LogP contribution in [0.4, 0.5) is 0 Å². The van der Waals surface area contributed by atoms with E-state index in [0.29, 0.717) is 5.16 Å². The Morgan fingerprint density at radius 2 is 1.58 bits per heavy atom. The van der Waals surface area contributed by atoms with Gasteiger partial charge in [0.25, 0.3) is 0 Å². The minimum Gasteiger partial charge on any atom is -0.192 e. The van der Waals surface area contributed by atoms with Gasteiger partial charge in [-0.15, -0.1) is 5.10 Å². The van der Waals surface area contributed by atoms with Gasteiger partial charge >= 0.3 is 0 Å². The van der Waals surface area contributed by atoms with Crippen molar-refractivity contribution in [3.05, 3.63) is 84.0 Å². The SMILES string of the molecule is N#CC(C#N)=C/C=C(/Sc1nnnn1-c1ccccc1)c1ccccc1. The Kier molecular flexibility index (Phi) is 5.56. The van der Waals surface area contributed by atoms with E-state index in [1.807, 2.05) is 72.8 Å². The average Bonchev–Trinajstić information content (AvgIpc) is 3.17. The van der Waals surface area contributed by atoms with Crippen LogP contribution < -0.4 is 0 Å². The van der Waals surface area contributed by atoms with Gasteiger partial charge in [0.1, 0.15) is 17.7 Å². The highest BCUT2D eigenvalue weighted by molar-refractivity contribution is 8.08. The molecule has 0 atom stereocenters. The monoisotopic (exact) mass is 356 g/mol. The standard InChI is InChI=1S/C19H12N6S/c20-13-15(14-21)11-12-18(16-7-3-1-4-8-16)26-19-22-23-24-25(19)17-9-5-2-6-10-17/h1-12H/b18-12+. The van der Waals surface area contributed by atoms with Crippen LogP contribution in [0.3, 0.4) is 0 Å². The third-order valence-corrected chi connectivity index (χ3v) is 4.37. The van der Waals surface area contributed by atoms with E-state index in [2.05, 4.69) is 15.5 Å². The first kappa shape index (κ1) is 17.2. The van der Waals surface area contributed by atoms with Gasteiger partial charge in [0, 0.05) is 4.91 Å². The summed E-state index contributed by atoms with van der Waals surface area (Å²) in [6.07, 6.45) is 3.22. The lowest BCUT2D eigenvalue weighted by molar-refractivity contribution is 0.757. The summed E-state index contributed by atoms with van der Waals surface area (Å²) in [5.74, 6) is 0. The fraction of sp³-hybridized carbons (Fsp3) is 0. The molecule has 0 aliphatic carbocycles. The quantitative estimate of drug-likeness (QED) is 0.393. The van der Waals surface area contributed by atoms with Crippen LogP contribution in [0.5, 0.6) is 0 Å². The molecule has 124 valence electrons. The fourth-order valence-corrected chi connectivity index (χ4v) is 3.01. The molecule has 0 saturated carbocycles. The van der Waals surface area contributed by atoms with Gasteiger partial charge < -0.3 is 0 Å². The Balaban J connectivity index is 2.00. The third-order valence-electron chi connectivity index (χ3n) is 3.34. The van der Waals surface area contributed by atoms with E-state index in [1.54, 1.807) is 10.8 Å². The second-order valence-corrected chi connectivity index (χ2v) is 6.02. The van der Waals surface area contributed by atoms with Crippen molar-refractivity contribution in [2.45, 2.75) is 5.16 Å². The molecule has 0 unspecified atom stereocenters. The average molecular weight is 356 g/mol. The molecule has 0 bridgehead atoms. The second-order valence-electron chi connectivity index (χ2n) is 5.01. The van der Waals surface area contributed by atoms with Crippen molar-refractivity contribution in [1.82, 2.24) is 20.2 Å². The molecule has 1 aromatic heterocycles. The topological polar surface area (TPSA) is 91.2 Å². The molecule has 0 aliphatic rings. The number of hydrogen-bond donors (Lipinski definition) is 0. The van der Waals surface area contributed by atoms with Crippen molar-refractivity contribution in [3.63, 3.8) is 0 Å². The van der Waals surface area contributed by atoms with Gasteiger partial charge in [-0.05, 0) is 52.0 Å². The van der Waals surface area contributed by atoms with E-state index >= 15 is 0 Å². The zero-order valence-corrected chi connectivity index (χ0v) is 14.3. The van der Waals surface area contributed by atoms with Gasteiger partial charge in [0.05, 0.1) is 5.69 Å². The molecule has 0 aliphatic heterocycles. The minimum atomic E-state index is 0.0293. The molecule has 0 amide bonds. The van der Waals surface area contributed by atoms with Crippen LogP contribution in [-0.2, 0) is 0 Å². The fourth-order valence-electron chi connectivity index (χ4n) is 2.12. The Labute approximate surface area is 154 Å². The number of tetrazole rings is 1. The number of para-hydroxylation sites is 1. The summed E-state index contributed by atoms with van der Waals surface area (Å²) >= 11 is 1.36. The molecule has 2 aromatic carbocycles. The third kappa shape index (κ3) is 4.04. The molecule has 6 nitrogen and oxygen atoms in total. The highest BCUT2D eigenvalue weighted by Crippen LogP contribution is 2.33. The summed E-state index contributed by atoms with van der Waals surface area (Å²) in [5.41, 5.74) is 1.81. The molecule has 0 fully saturated rings. The summed E-state index contributed by atoms with van der Waals surface area (Å²) in [6.45, 7) is 0. The summed E-state index contributed by atoms with van der Waals surface area (Å²) in [7, 11) is 0. The predicted molar refractivity (Wildman–Crippen MR) is 98.7 cm³/mol. The Morgan fingerprint density at radius 3 is 2.23 bits per heavy atom. The van der Waals surface area contributed by atoms with Gasteiger partial charge in [0.15, 0.2) is 0 Å². The van der Waals surface area contributed by atoms with Crippen LogP contribution in [0, 0.1) is 22.7 Å². The first-order chi connectivity index (χ1) is 12.8. The molecule has 3 aromatic rings. The van der Waals surface area contributed by atoms with E-state index in [-0.39, 0.29) is 5.57 Å². The first-order valence-electron chi connectivity index (χ1n) is 7.61. The number of nitrogens with zero attached hydrogens (tertiary/aromatic N) is 6. The summed E-state index contributed by atoms with van der Waals surface area (Å²) in [4.78, 5) is 0.820. The normalized spacial score (nSPS) is 10.6. The maximum atomic E-state index is 8.95. The Morgan fingerprint density at radius 1 is 0.923 bits per heavy atom. The summed E-state index contributed by atoms with van der Waals surface area (Å²) in [6, 6.07) is 22.9. The van der Waals surface area contributed by atoms with Crippen LogP contribution >= 0.6 is 11.8 Å². The number of rotatable bonds is 5. The largest absolute Gasteiger partial charge is 0.218 e.